The molecule has 2 atom stereocenters. The number of rotatable bonds is 10. The molecule has 2 rings (SSSR count). The molecule has 2 aromatic carbocycles. The smallest absolute Gasteiger partial charge is 0.321 e. The SMILES string of the molecule is CCCCC(CCc1ccccc1)(C(=O)OCc1ccccc1)[PH](=O)O. The standard InChI is InChI=1S/C21H27O4P/c1-2-3-15-21(26(23)24,16-14-18-10-6-4-7-11-18)20(22)25-17-19-12-8-5-9-13-19/h4-13,26H,2-3,14-17H2,1H3,(H,23,24). The highest BCUT2D eigenvalue weighted by Gasteiger charge is 2.44. The minimum absolute atomic E-state index is 0.119. The summed E-state index contributed by atoms with van der Waals surface area (Å²) in [6.07, 6.45) is 2.83. The fraction of sp³-hybridized carbons (Fsp3) is 0.381. The molecule has 0 radical (unpaired) electrons. The Morgan fingerprint density at radius 3 is 2.12 bits per heavy atom. The Kier molecular flexibility index (Phi) is 8.08. The normalized spacial score (nSPS) is 14.4. The summed E-state index contributed by atoms with van der Waals surface area (Å²) in [7, 11) is -3.10. The van der Waals surface area contributed by atoms with Gasteiger partial charge in [0, 0.05) is 0 Å². The van der Waals surface area contributed by atoms with Crippen LogP contribution in [0.1, 0.15) is 43.7 Å². The number of hydrogen-bond acceptors (Lipinski definition) is 3. The highest BCUT2D eigenvalue weighted by molar-refractivity contribution is 7.41. The molecule has 26 heavy (non-hydrogen) atoms. The summed E-state index contributed by atoms with van der Waals surface area (Å²) in [5, 5.41) is -1.31. The molecule has 0 aromatic heterocycles. The summed E-state index contributed by atoms with van der Waals surface area (Å²) in [5.74, 6) is -0.558. The molecule has 1 N–H and O–H groups in total. The summed E-state index contributed by atoms with van der Waals surface area (Å²) in [6, 6.07) is 19.1. The van der Waals surface area contributed by atoms with Gasteiger partial charge in [0.15, 0.2) is 0 Å². The second kappa shape index (κ2) is 10.3. The van der Waals surface area contributed by atoms with E-state index in [1.54, 1.807) is 0 Å². The third-order valence-corrected chi connectivity index (χ3v) is 6.18. The Balaban J connectivity index is 2.14. The van der Waals surface area contributed by atoms with Crippen molar-refractivity contribution in [3.8, 4) is 0 Å². The zero-order chi connectivity index (χ0) is 18.8. The van der Waals surface area contributed by atoms with Crippen molar-refractivity contribution in [2.24, 2.45) is 0 Å². The van der Waals surface area contributed by atoms with Gasteiger partial charge in [-0.3, -0.25) is 9.36 Å². The molecule has 0 spiro atoms. The maximum Gasteiger partial charge on any atom is 0.321 e. The highest BCUT2D eigenvalue weighted by atomic mass is 31.1. The van der Waals surface area contributed by atoms with Crippen LogP contribution in [0.5, 0.6) is 0 Å². The third kappa shape index (κ3) is 5.55. The Morgan fingerprint density at radius 2 is 1.58 bits per heavy atom. The molecule has 2 unspecified atom stereocenters. The lowest BCUT2D eigenvalue weighted by Gasteiger charge is -2.29. The van der Waals surface area contributed by atoms with Crippen LogP contribution < -0.4 is 0 Å². The molecular weight excluding hydrogens is 347 g/mol. The molecule has 0 amide bonds. The average Bonchev–Trinajstić information content (AvgIpc) is 2.68. The van der Waals surface area contributed by atoms with Crippen LogP contribution in [0, 0.1) is 0 Å². The van der Waals surface area contributed by atoms with Gasteiger partial charge in [-0.05, 0) is 30.4 Å². The fourth-order valence-electron chi connectivity index (χ4n) is 2.97. The van der Waals surface area contributed by atoms with E-state index in [0.717, 1.165) is 17.5 Å². The summed E-state index contributed by atoms with van der Waals surface area (Å²) in [5.41, 5.74) is 1.92. The first-order valence-electron chi connectivity index (χ1n) is 9.07. The predicted octanol–water partition coefficient (Wildman–Crippen LogP) is 4.76. The van der Waals surface area contributed by atoms with Gasteiger partial charge in [-0.2, -0.15) is 0 Å². The first-order valence-corrected chi connectivity index (χ1v) is 10.4. The van der Waals surface area contributed by atoms with Crippen molar-refractivity contribution < 1.29 is 19.0 Å². The number of unbranched alkanes of at least 4 members (excludes halogenated alkanes) is 1. The van der Waals surface area contributed by atoms with E-state index in [-0.39, 0.29) is 6.61 Å². The van der Waals surface area contributed by atoms with Gasteiger partial charge < -0.3 is 9.63 Å². The van der Waals surface area contributed by atoms with Crippen LogP contribution in [0.3, 0.4) is 0 Å². The summed E-state index contributed by atoms with van der Waals surface area (Å²) >= 11 is 0. The maximum atomic E-state index is 12.9. The number of benzene rings is 2. The topological polar surface area (TPSA) is 63.6 Å². The van der Waals surface area contributed by atoms with E-state index in [4.69, 9.17) is 4.74 Å². The molecule has 140 valence electrons. The average molecular weight is 374 g/mol. The molecule has 2 aromatic rings. The molecule has 0 saturated carbocycles. The Labute approximate surface area is 156 Å². The quantitative estimate of drug-likeness (QED) is 0.481. The van der Waals surface area contributed by atoms with E-state index in [9.17, 15) is 14.3 Å². The van der Waals surface area contributed by atoms with Gasteiger partial charge in [0.05, 0.1) is 0 Å². The van der Waals surface area contributed by atoms with Crippen molar-refractivity contribution >= 4 is 14.0 Å². The highest BCUT2D eigenvalue weighted by Crippen LogP contribution is 2.44. The predicted molar refractivity (Wildman–Crippen MR) is 104 cm³/mol. The number of ether oxygens (including phenoxy) is 1. The van der Waals surface area contributed by atoms with Crippen molar-refractivity contribution in [3.63, 3.8) is 0 Å². The fourth-order valence-corrected chi connectivity index (χ4v) is 3.95. The molecule has 0 heterocycles. The van der Waals surface area contributed by atoms with E-state index < -0.39 is 19.2 Å². The second-order valence-corrected chi connectivity index (χ2v) is 8.11. The number of aryl methyl sites for hydroxylation is 1. The van der Waals surface area contributed by atoms with Crippen LogP contribution in [0.4, 0.5) is 0 Å². The van der Waals surface area contributed by atoms with Crippen LogP contribution in [-0.4, -0.2) is 16.0 Å². The Bertz CT molecular complexity index is 702. The number of carbonyl (C=O) groups is 1. The summed E-state index contributed by atoms with van der Waals surface area (Å²) < 4.78 is 17.8. The molecule has 0 saturated heterocycles. The van der Waals surface area contributed by atoms with Crippen molar-refractivity contribution in [1.82, 2.24) is 0 Å². The minimum Gasteiger partial charge on any atom is -0.460 e. The van der Waals surface area contributed by atoms with Crippen molar-refractivity contribution in [2.45, 2.75) is 50.8 Å². The van der Waals surface area contributed by atoms with E-state index >= 15 is 0 Å². The van der Waals surface area contributed by atoms with Gasteiger partial charge in [-0.25, -0.2) is 0 Å². The number of esters is 1. The molecule has 5 heteroatoms. The molecule has 0 bridgehead atoms. The maximum absolute atomic E-state index is 12.9. The largest absolute Gasteiger partial charge is 0.460 e. The second-order valence-electron chi connectivity index (χ2n) is 6.54. The number of carbonyl (C=O) groups excluding carboxylic acids is 1. The van der Waals surface area contributed by atoms with Gasteiger partial charge in [0.2, 0.25) is 8.03 Å². The molecule has 0 aliphatic rings. The van der Waals surface area contributed by atoms with Crippen LogP contribution in [-0.2, 0) is 27.1 Å². The third-order valence-electron chi connectivity index (χ3n) is 4.65. The molecule has 0 fully saturated rings. The lowest BCUT2D eigenvalue weighted by atomic mass is 9.93. The Morgan fingerprint density at radius 1 is 1.00 bits per heavy atom. The van der Waals surface area contributed by atoms with Gasteiger partial charge in [0.1, 0.15) is 11.8 Å². The van der Waals surface area contributed by atoms with Crippen molar-refractivity contribution in [3.05, 3.63) is 71.8 Å². The van der Waals surface area contributed by atoms with Crippen molar-refractivity contribution in [2.75, 3.05) is 0 Å². The zero-order valence-electron chi connectivity index (χ0n) is 15.2. The Hall–Kier alpha value is -1.90. The number of hydrogen-bond donors (Lipinski definition) is 1. The first kappa shape index (κ1) is 20.4. The van der Waals surface area contributed by atoms with Crippen molar-refractivity contribution in [1.29, 1.82) is 0 Å². The molecular formula is C21H27O4P. The first-order chi connectivity index (χ1) is 12.6. The van der Waals surface area contributed by atoms with Gasteiger partial charge in [-0.15, -0.1) is 0 Å². The van der Waals surface area contributed by atoms with Crippen LogP contribution >= 0.6 is 8.03 Å². The van der Waals surface area contributed by atoms with Gasteiger partial charge in [0.25, 0.3) is 0 Å². The molecule has 0 aliphatic heterocycles. The summed E-state index contributed by atoms with van der Waals surface area (Å²) in [6.45, 7) is 2.12. The van der Waals surface area contributed by atoms with E-state index in [1.165, 1.54) is 0 Å². The zero-order valence-corrected chi connectivity index (χ0v) is 16.2. The van der Waals surface area contributed by atoms with Gasteiger partial charge in [-0.1, -0.05) is 80.4 Å². The summed E-state index contributed by atoms with van der Waals surface area (Å²) in [4.78, 5) is 22.9. The lowest BCUT2D eigenvalue weighted by Crippen LogP contribution is -2.37. The van der Waals surface area contributed by atoms with Crippen LogP contribution in [0.15, 0.2) is 60.7 Å². The van der Waals surface area contributed by atoms with E-state index in [0.29, 0.717) is 25.7 Å². The van der Waals surface area contributed by atoms with Crippen LogP contribution in [0.25, 0.3) is 0 Å². The minimum atomic E-state index is -3.10. The lowest BCUT2D eigenvalue weighted by molar-refractivity contribution is -0.149. The van der Waals surface area contributed by atoms with E-state index in [2.05, 4.69) is 0 Å². The molecule has 0 aliphatic carbocycles. The van der Waals surface area contributed by atoms with Crippen LogP contribution in [0.2, 0.25) is 0 Å². The molecule has 4 nitrogen and oxygen atoms in total. The monoisotopic (exact) mass is 374 g/mol. The van der Waals surface area contributed by atoms with Gasteiger partial charge >= 0.3 is 5.97 Å². The van der Waals surface area contributed by atoms with E-state index in [1.807, 2.05) is 67.6 Å².